The van der Waals surface area contributed by atoms with Gasteiger partial charge in [0.2, 0.25) is 10.0 Å². The minimum atomic E-state index is -3.57. The summed E-state index contributed by atoms with van der Waals surface area (Å²) in [5, 5.41) is 8.02. The van der Waals surface area contributed by atoms with Crippen LogP contribution in [0.5, 0.6) is 0 Å². The van der Waals surface area contributed by atoms with Crippen molar-refractivity contribution in [1.82, 2.24) is 4.31 Å². The summed E-state index contributed by atoms with van der Waals surface area (Å²) in [7, 11) is -0.843. The van der Waals surface area contributed by atoms with E-state index in [0.29, 0.717) is 19.3 Å². The van der Waals surface area contributed by atoms with E-state index in [4.69, 9.17) is 5.26 Å². The van der Waals surface area contributed by atoms with Crippen LogP contribution >= 0.6 is 0 Å². The van der Waals surface area contributed by atoms with E-state index in [1.165, 1.54) is 18.5 Å². The molecule has 0 radical (unpaired) electrons. The second-order valence-electron chi connectivity index (χ2n) is 4.95. The van der Waals surface area contributed by atoms with Gasteiger partial charge in [0.1, 0.15) is 0 Å². The summed E-state index contributed by atoms with van der Waals surface area (Å²) in [5.74, 6) is -1.43. The Kier molecular flexibility index (Phi) is 5.32. The summed E-state index contributed by atoms with van der Waals surface area (Å²) < 4.78 is 30.7. The lowest BCUT2D eigenvalue weighted by Crippen LogP contribution is -2.42. The molecule has 1 aliphatic rings. The molecular formula is C12H20N2O4S. The lowest BCUT2D eigenvalue weighted by molar-refractivity contribution is -0.145. The molecule has 3 atom stereocenters. The van der Waals surface area contributed by atoms with Gasteiger partial charge in [-0.15, -0.1) is 0 Å². The van der Waals surface area contributed by atoms with Crippen LogP contribution in [0.25, 0.3) is 0 Å². The van der Waals surface area contributed by atoms with Gasteiger partial charge in [0.05, 0.1) is 30.3 Å². The molecule has 7 heteroatoms. The van der Waals surface area contributed by atoms with Crippen LogP contribution in [-0.4, -0.2) is 44.6 Å². The van der Waals surface area contributed by atoms with Gasteiger partial charge in [-0.2, -0.15) is 5.26 Å². The van der Waals surface area contributed by atoms with Crippen LogP contribution in [0, 0.1) is 23.2 Å². The maximum Gasteiger partial charge on any atom is 0.310 e. The number of nitriles is 1. The van der Waals surface area contributed by atoms with Crippen molar-refractivity contribution in [2.75, 3.05) is 20.7 Å². The summed E-state index contributed by atoms with van der Waals surface area (Å²) in [6.45, 7) is 1.81. The maximum atomic E-state index is 12.4. The van der Waals surface area contributed by atoms with E-state index in [0.717, 1.165) is 0 Å². The van der Waals surface area contributed by atoms with Gasteiger partial charge in [0.25, 0.3) is 0 Å². The van der Waals surface area contributed by atoms with E-state index in [9.17, 15) is 13.2 Å². The minimum absolute atomic E-state index is 0.142. The second-order valence-corrected chi connectivity index (χ2v) is 7.21. The number of carbonyl (C=O) groups excluding carboxylic acids is 1. The molecule has 0 aliphatic heterocycles. The summed E-state index contributed by atoms with van der Waals surface area (Å²) in [6.07, 6.45) is 1.71. The van der Waals surface area contributed by atoms with E-state index in [1.807, 2.05) is 6.07 Å². The van der Waals surface area contributed by atoms with Crippen LogP contribution in [0.15, 0.2) is 0 Å². The number of carbonyl (C=O) groups is 1. The topological polar surface area (TPSA) is 87.5 Å². The number of ether oxygens (including phenoxy) is 1. The van der Waals surface area contributed by atoms with Crippen LogP contribution < -0.4 is 0 Å². The first-order valence-corrected chi connectivity index (χ1v) is 7.77. The number of sulfonamides is 1. The van der Waals surface area contributed by atoms with Crippen LogP contribution in [0.3, 0.4) is 0 Å². The molecule has 0 N–H and O–H groups in total. The van der Waals surface area contributed by atoms with Gasteiger partial charge in [-0.3, -0.25) is 4.79 Å². The number of hydrogen-bond donors (Lipinski definition) is 0. The summed E-state index contributed by atoms with van der Waals surface area (Å²) in [5.41, 5.74) is 0. The Hall–Kier alpha value is -1.13. The predicted molar refractivity (Wildman–Crippen MR) is 69.5 cm³/mol. The number of nitrogens with zero attached hydrogens (tertiary/aromatic N) is 2. The third kappa shape index (κ3) is 3.45. The SMILES string of the molecule is COC(=O)C1CCCC1S(=O)(=O)N(C)CC(C)C#N. The van der Waals surface area contributed by atoms with Crippen LogP contribution in [-0.2, 0) is 19.6 Å². The van der Waals surface area contributed by atoms with Crippen LogP contribution in [0.1, 0.15) is 26.2 Å². The van der Waals surface area contributed by atoms with E-state index in [-0.39, 0.29) is 12.5 Å². The van der Waals surface area contributed by atoms with E-state index < -0.39 is 27.2 Å². The molecule has 1 rings (SSSR count). The van der Waals surface area contributed by atoms with Gasteiger partial charge in [-0.1, -0.05) is 6.42 Å². The fraction of sp³-hybridized carbons (Fsp3) is 0.833. The van der Waals surface area contributed by atoms with Crippen molar-refractivity contribution in [3.63, 3.8) is 0 Å². The molecule has 0 aromatic carbocycles. The van der Waals surface area contributed by atoms with Gasteiger partial charge in [0.15, 0.2) is 0 Å². The predicted octanol–water partition coefficient (Wildman–Crippen LogP) is 0.749. The molecule has 0 heterocycles. The summed E-state index contributed by atoms with van der Waals surface area (Å²) >= 11 is 0. The van der Waals surface area contributed by atoms with Crippen molar-refractivity contribution in [2.24, 2.45) is 11.8 Å². The molecule has 6 nitrogen and oxygen atoms in total. The lowest BCUT2D eigenvalue weighted by Gasteiger charge is -2.25. The van der Waals surface area contributed by atoms with Crippen LogP contribution in [0.2, 0.25) is 0 Å². The Morgan fingerprint density at radius 3 is 2.68 bits per heavy atom. The lowest BCUT2D eigenvalue weighted by atomic mass is 10.1. The second kappa shape index (κ2) is 6.35. The van der Waals surface area contributed by atoms with E-state index >= 15 is 0 Å². The summed E-state index contributed by atoms with van der Waals surface area (Å²) in [6, 6.07) is 2.01. The Bertz CT molecular complexity index is 469. The molecule has 1 fully saturated rings. The zero-order valence-electron chi connectivity index (χ0n) is 11.5. The number of methoxy groups -OCH3 is 1. The van der Waals surface area contributed by atoms with E-state index in [1.54, 1.807) is 6.92 Å². The van der Waals surface area contributed by atoms with Crippen molar-refractivity contribution in [2.45, 2.75) is 31.4 Å². The Balaban J connectivity index is 2.87. The first-order chi connectivity index (χ1) is 8.84. The highest BCUT2D eigenvalue weighted by Gasteiger charge is 2.44. The molecule has 0 saturated heterocycles. The average Bonchev–Trinajstić information content (AvgIpc) is 2.87. The average molecular weight is 288 g/mol. The van der Waals surface area contributed by atoms with Gasteiger partial charge >= 0.3 is 5.97 Å². The number of hydrogen-bond acceptors (Lipinski definition) is 5. The molecule has 0 aromatic rings. The maximum absolute atomic E-state index is 12.4. The molecule has 1 aliphatic carbocycles. The minimum Gasteiger partial charge on any atom is -0.469 e. The highest BCUT2D eigenvalue weighted by atomic mass is 32.2. The monoisotopic (exact) mass is 288 g/mol. The van der Waals surface area contributed by atoms with Gasteiger partial charge in [-0.05, 0) is 19.8 Å². The molecule has 108 valence electrons. The van der Waals surface area contributed by atoms with Crippen molar-refractivity contribution in [3.8, 4) is 6.07 Å². The smallest absolute Gasteiger partial charge is 0.310 e. The molecule has 3 unspecified atom stereocenters. The largest absolute Gasteiger partial charge is 0.469 e. The van der Waals surface area contributed by atoms with Crippen molar-refractivity contribution >= 4 is 16.0 Å². The first kappa shape index (κ1) is 15.9. The highest BCUT2D eigenvalue weighted by Crippen LogP contribution is 2.33. The zero-order chi connectivity index (χ0) is 14.6. The standard InChI is InChI=1S/C12H20N2O4S/c1-9(7-13)8-14(2)19(16,17)11-6-4-5-10(11)12(15)18-3/h9-11H,4-6,8H2,1-3H3. The third-order valence-corrected chi connectivity index (χ3v) is 5.87. The highest BCUT2D eigenvalue weighted by molar-refractivity contribution is 7.89. The van der Waals surface area contributed by atoms with Gasteiger partial charge in [0, 0.05) is 13.6 Å². The molecular weight excluding hydrogens is 268 g/mol. The fourth-order valence-corrected chi connectivity index (χ4v) is 4.49. The van der Waals surface area contributed by atoms with Crippen molar-refractivity contribution < 1.29 is 17.9 Å². The Labute approximate surface area is 114 Å². The number of esters is 1. The Morgan fingerprint density at radius 1 is 1.53 bits per heavy atom. The first-order valence-electron chi connectivity index (χ1n) is 6.27. The third-order valence-electron chi connectivity index (χ3n) is 3.52. The van der Waals surface area contributed by atoms with Gasteiger partial charge in [-0.25, -0.2) is 12.7 Å². The summed E-state index contributed by atoms with van der Waals surface area (Å²) in [4.78, 5) is 11.6. The Morgan fingerprint density at radius 2 is 2.16 bits per heavy atom. The van der Waals surface area contributed by atoms with Gasteiger partial charge < -0.3 is 4.74 Å². The quantitative estimate of drug-likeness (QED) is 0.697. The molecule has 0 amide bonds. The normalized spacial score (nSPS) is 25.0. The van der Waals surface area contributed by atoms with Crippen molar-refractivity contribution in [1.29, 1.82) is 5.26 Å². The van der Waals surface area contributed by atoms with Crippen molar-refractivity contribution in [3.05, 3.63) is 0 Å². The van der Waals surface area contributed by atoms with E-state index in [2.05, 4.69) is 4.74 Å². The molecule has 1 saturated carbocycles. The molecule has 0 aromatic heterocycles. The van der Waals surface area contributed by atoms with Crippen LogP contribution in [0.4, 0.5) is 0 Å². The molecule has 19 heavy (non-hydrogen) atoms. The number of rotatable bonds is 5. The molecule has 0 spiro atoms. The fourth-order valence-electron chi connectivity index (χ4n) is 2.47. The zero-order valence-corrected chi connectivity index (χ0v) is 12.3. The molecule has 0 bridgehead atoms.